The molecule has 2 heterocycles. The van der Waals surface area contributed by atoms with Crippen molar-refractivity contribution >= 4 is 28.6 Å². The first-order chi connectivity index (χ1) is 15.4. The van der Waals surface area contributed by atoms with Gasteiger partial charge in [-0.2, -0.15) is 4.98 Å². The zero-order chi connectivity index (χ0) is 23.1. The highest BCUT2D eigenvalue weighted by atomic mass is 32.2. The molecule has 0 aliphatic carbocycles. The third-order valence-corrected chi connectivity index (χ3v) is 5.81. The Hall–Kier alpha value is -2.72. The summed E-state index contributed by atoms with van der Waals surface area (Å²) in [5.74, 6) is 1.63. The molecule has 0 amide bonds. The summed E-state index contributed by atoms with van der Waals surface area (Å²) in [6.45, 7) is 5.28. The Morgan fingerprint density at radius 2 is 2.06 bits per heavy atom. The number of aryl methyl sites for hydroxylation is 1. The number of hydrogen-bond acceptors (Lipinski definition) is 9. The highest BCUT2D eigenvalue weighted by molar-refractivity contribution is 7.98. The van der Waals surface area contributed by atoms with Gasteiger partial charge in [0.05, 0.1) is 29.3 Å². The third kappa shape index (κ3) is 5.95. The maximum absolute atomic E-state index is 13.2. The first-order valence-corrected chi connectivity index (χ1v) is 11.5. The van der Waals surface area contributed by atoms with E-state index in [2.05, 4.69) is 29.0 Å². The summed E-state index contributed by atoms with van der Waals surface area (Å²) >= 11 is 1.34. The fraction of sp³-hybridized carbons (Fsp3) is 0.500. The monoisotopic (exact) mass is 460 g/mol. The molecule has 1 aromatic carbocycles. The van der Waals surface area contributed by atoms with Crippen molar-refractivity contribution in [3.8, 4) is 0 Å². The first kappa shape index (κ1) is 23.9. The predicted molar refractivity (Wildman–Crippen MR) is 121 cm³/mol. The molecule has 0 saturated heterocycles. The second kappa shape index (κ2) is 11.2. The average molecular weight is 461 g/mol. The van der Waals surface area contributed by atoms with Gasteiger partial charge in [0.15, 0.2) is 11.0 Å². The largest absolute Gasteiger partial charge is 0.465 e. The molecule has 0 saturated carbocycles. The van der Waals surface area contributed by atoms with Crippen LogP contribution in [0.25, 0.3) is 10.9 Å². The minimum atomic E-state index is -0.480. The number of nitrogens with zero attached hydrogens (tertiary/aromatic N) is 4. The van der Waals surface area contributed by atoms with Crippen molar-refractivity contribution in [2.24, 2.45) is 5.92 Å². The molecule has 0 fully saturated rings. The van der Waals surface area contributed by atoms with E-state index in [0.717, 1.165) is 12.8 Å². The summed E-state index contributed by atoms with van der Waals surface area (Å²) in [6, 6.07) is 4.75. The van der Waals surface area contributed by atoms with Crippen molar-refractivity contribution in [1.82, 2.24) is 19.7 Å². The van der Waals surface area contributed by atoms with E-state index in [-0.39, 0.29) is 5.56 Å². The molecule has 0 aliphatic heterocycles. The number of carbonyl (C=O) groups is 1. The minimum absolute atomic E-state index is 0.173. The maximum Gasteiger partial charge on any atom is 0.337 e. The average Bonchev–Trinajstić information content (AvgIpc) is 3.25. The number of esters is 1. The van der Waals surface area contributed by atoms with Crippen LogP contribution in [0.15, 0.2) is 32.7 Å². The number of hydrogen-bond donors (Lipinski definition) is 0. The molecule has 3 aromatic rings. The van der Waals surface area contributed by atoms with Gasteiger partial charge in [-0.15, -0.1) is 0 Å². The maximum atomic E-state index is 13.2. The van der Waals surface area contributed by atoms with Gasteiger partial charge in [0.25, 0.3) is 5.56 Å². The van der Waals surface area contributed by atoms with Crippen molar-refractivity contribution in [2.45, 2.75) is 50.6 Å². The Bertz CT molecular complexity index is 1130. The van der Waals surface area contributed by atoms with Crippen LogP contribution in [0.2, 0.25) is 0 Å². The van der Waals surface area contributed by atoms with Crippen LogP contribution in [0, 0.1) is 5.92 Å². The summed E-state index contributed by atoms with van der Waals surface area (Å²) < 4.78 is 16.9. The molecule has 3 rings (SSSR count). The summed E-state index contributed by atoms with van der Waals surface area (Å²) in [5.41, 5.74) is 0.603. The minimum Gasteiger partial charge on any atom is -0.465 e. The van der Waals surface area contributed by atoms with E-state index >= 15 is 0 Å². The number of benzene rings is 1. The molecule has 0 radical (unpaired) electrons. The zero-order valence-corrected chi connectivity index (χ0v) is 19.6. The highest BCUT2D eigenvalue weighted by Crippen LogP contribution is 2.23. The van der Waals surface area contributed by atoms with E-state index < -0.39 is 5.97 Å². The summed E-state index contributed by atoms with van der Waals surface area (Å²) in [5, 5.41) is 4.99. The quantitative estimate of drug-likeness (QED) is 0.184. The lowest BCUT2D eigenvalue weighted by molar-refractivity contribution is 0.0601. The summed E-state index contributed by atoms with van der Waals surface area (Å²) in [4.78, 5) is 34.2. The van der Waals surface area contributed by atoms with E-state index in [0.29, 0.717) is 64.6 Å². The van der Waals surface area contributed by atoms with Crippen molar-refractivity contribution in [1.29, 1.82) is 0 Å². The van der Waals surface area contributed by atoms with Crippen molar-refractivity contribution in [3.63, 3.8) is 0 Å². The van der Waals surface area contributed by atoms with Gasteiger partial charge in [-0.05, 0) is 37.0 Å². The van der Waals surface area contributed by atoms with Gasteiger partial charge in [-0.1, -0.05) is 30.8 Å². The lowest BCUT2D eigenvalue weighted by atomic mass is 10.1. The number of ether oxygens (including phenoxy) is 2. The van der Waals surface area contributed by atoms with Crippen LogP contribution in [-0.2, 0) is 28.2 Å². The van der Waals surface area contributed by atoms with Crippen molar-refractivity contribution in [3.05, 3.63) is 45.8 Å². The van der Waals surface area contributed by atoms with Gasteiger partial charge in [-0.3, -0.25) is 9.36 Å². The number of rotatable bonds is 11. The van der Waals surface area contributed by atoms with E-state index in [4.69, 9.17) is 14.0 Å². The molecule has 0 atom stereocenters. The Balaban J connectivity index is 1.88. The number of thioether (sulfide) groups is 1. The fourth-order valence-corrected chi connectivity index (χ4v) is 3.98. The highest BCUT2D eigenvalue weighted by Gasteiger charge is 2.16. The van der Waals surface area contributed by atoms with Gasteiger partial charge in [0.1, 0.15) is 0 Å². The van der Waals surface area contributed by atoms with Crippen LogP contribution >= 0.6 is 11.8 Å². The van der Waals surface area contributed by atoms with Gasteiger partial charge >= 0.3 is 5.97 Å². The molecule has 10 heteroatoms. The molecular formula is C22H28N4O5S. The zero-order valence-electron chi connectivity index (χ0n) is 18.8. The number of fused-ring (bicyclic) bond motifs is 1. The molecule has 9 nitrogen and oxygen atoms in total. The topological polar surface area (TPSA) is 109 Å². The van der Waals surface area contributed by atoms with Crippen LogP contribution in [0.1, 0.15) is 48.8 Å². The van der Waals surface area contributed by atoms with Gasteiger partial charge in [-0.25, -0.2) is 9.78 Å². The molecular weight excluding hydrogens is 432 g/mol. The molecule has 0 aliphatic rings. The van der Waals surface area contributed by atoms with Gasteiger partial charge < -0.3 is 14.0 Å². The normalized spacial score (nSPS) is 11.4. The van der Waals surface area contributed by atoms with E-state index in [1.165, 1.54) is 18.9 Å². The van der Waals surface area contributed by atoms with Crippen LogP contribution in [-0.4, -0.2) is 46.5 Å². The smallest absolute Gasteiger partial charge is 0.337 e. The fourth-order valence-electron chi connectivity index (χ4n) is 3.11. The molecule has 2 aromatic heterocycles. The second-order valence-corrected chi connectivity index (χ2v) is 8.69. The molecule has 0 N–H and O–H groups in total. The molecule has 172 valence electrons. The van der Waals surface area contributed by atoms with Crippen molar-refractivity contribution in [2.75, 3.05) is 20.8 Å². The van der Waals surface area contributed by atoms with E-state index in [9.17, 15) is 9.59 Å². The summed E-state index contributed by atoms with van der Waals surface area (Å²) in [7, 11) is 2.94. The Labute approximate surface area is 190 Å². The lowest BCUT2D eigenvalue weighted by Crippen LogP contribution is -2.24. The standard InChI is InChI=1S/C22H28N4O5S/c1-14(2)6-9-18-24-19(31-25-18)13-32-22-23-17-12-15(21(28)30-4)7-8-16(17)20(27)26(22)10-5-11-29-3/h7-8,12,14H,5-6,9-11,13H2,1-4H3. The molecule has 0 bridgehead atoms. The van der Waals surface area contributed by atoms with Crippen LogP contribution < -0.4 is 5.56 Å². The van der Waals surface area contributed by atoms with Crippen LogP contribution in [0.5, 0.6) is 0 Å². The summed E-state index contributed by atoms with van der Waals surface area (Å²) in [6.07, 6.45) is 2.41. The molecule has 0 spiro atoms. The Kier molecular flexibility index (Phi) is 8.40. The van der Waals surface area contributed by atoms with E-state index in [1.807, 2.05) is 0 Å². The van der Waals surface area contributed by atoms with E-state index in [1.54, 1.807) is 29.9 Å². The Morgan fingerprint density at radius 1 is 1.25 bits per heavy atom. The van der Waals surface area contributed by atoms with Crippen molar-refractivity contribution < 1.29 is 18.8 Å². The van der Waals surface area contributed by atoms with Crippen LogP contribution in [0.4, 0.5) is 0 Å². The number of methoxy groups -OCH3 is 2. The number of aromatic nitrogens is 4. The second-order valence-electron chi connectivity index (χ2n) is 7.75. The molecule has 32 heavy (non-hydrogen) atoms. The van der Waals surface area contributed by atoms with Gasteiger partial charge in [0, 0.05) is 26.7 Å². The molecule has 0 unspecified atom stereocenters. The predicted octanol–water partition coefficient (Wildman–Crippen LogP) is 3.48. The third-order valence-electron chi connectivity index (χ3n) is 4.85. The SMILES string of the molecule is COCCCn1c(SCc2nc(CCC(C)C)no2)nc2cc(C(=O)OC)ccc2c1=O. The van der Waals surface area contributed by atoms with Gasteiger partial charge in [0.2, 0.25) is 5.89 Å². The Morgan fingerprint density at radius 3 is 2.78 bits per heavy atom. The number of carbonyl (C=O) groups excluding carboxylic acids is 1. The lowest BCUT2D eigenvalue weighted by Gasteiger charge is -2.13. The first-order valence-electron chi connectivity index (χ1n) is 10.5. The van der Waals surface area contributed by atoms with Crippen LogP contribution in [0.3, 0.4) is 0 Å².